The molecule has 0 spiro atoms. The van der Waals surface area contributed by atoms with Crippen molar-refractivity contribution >= 4 is 5.91 Å². The fourth-order valence-electron chi connectivity index (χ4n) is 1.28. The van der Waals surface area contributed by atoms with E-state index in [-0.39, 0.29) is 5.91 Å². The Labute approximate surface area is 79.4 Å². The van der Waals surface area contributed by atoms with Crippen molar-refractivity contribution in [2.24, 2.45) is 5.92 Å². The summed E-state index contributed by atoms with van der Waals surface area (Å²) in [5.74, 6) is 0.587. The summed E-state index contributed by atoms with van der Waals surface area (Å²) in [6, 6.07) is 0. The number of hydrogen-bond acceptors (Lipinski definition) is 2. The van der Waals surface area contributed by atoms with Gasteiger partial charge in [-0.05, 0) is 24.8 Å². The zero-order chi connectivity index (χ0) is 9.68. The quantitative estimate of drug-likeness (QED) is 0.599. The van der Waals surface area contributed by atoms with E-state index in [1.165, 1.54) is 0 Å². The molecule has 1 amide bonds. The maximum Gasteiger partial charge on any atom is 0.245 e. The Bertz CT molecular complexity index is 193. The lowest BCUT2D eigenvalue weighted by Crippen LogP contribution is -2.20. The van der Waals surface area contributed by atoms with E-state index in [0.29, 0.717) is 5.92 Å². The molecule has 0 unspecified atom stereocenters. The van der Waals surface area contributed by atoms with Crippen LogP contribution in [0.5, 0.6) is 0 Å². The summed E-state index contributed by atoms with van der Waals surface area (Å²) in [4.78, 5) is 12.8. The number of allylic oxidation sites excluding steroid dienone is 1. The van der Waals surface area contributed by atoms with Gasteiger partial charge in [0.05, 0.1) is 0 Å². The van der Waals surface area contributed by atoms with Crippen molar-refractivity contribution in [3.05, 3.63) is 12.2 Å². The Morgan fingerprint density at radius 3 is 2.54 bits per heavy atom. The lowest BCUT2D eigenvalue weighted by Gasteiger charge is -2.18. The first-order chi connectivity index (χ1) is 6.20. The molecule has 1 fully saturated rings. The van der Waals surface area contributed by atoms with E-state index in [1.54, 1.807) is 25.1 Å². The zero-order valence-electron chi connectivity index (χ0n) is 8.32. The number of carbonyl (C=O) groups excluding carboxylic acids is 1. The van der Waals surface area contributed by atoms with Gasteiger partial charge in [0.1, 0.15) is 0 Å². The third-order valence-corrected chi connectivity index (χ3v) is 2.22. The van der Waals surface area contributed by atoms with Crippen LogP contribution in [0.2, 0.25) is 0 Å². The van der Waals surface area contributed by atoms with Gasteiger partial charge in [-0.1, -0.05) is 6.08 Å². The van der Waals surface area contributed by atoms with Crippen LogP contribution in [0.1, 0.15) is 12.8 Å². The van der Waals surface area contributed by atoms with Crippen molar-refractivity contribution in [1.29, 1.82) is 0 Å². The molecule has 1 heterocycles. The van der Waals surface area contributed by atoms with Gasteiger partial charge in [0, 0.05) is 27.3 Å². The van der Waals surface area contributed by atoms with Crippen LogP contribution in [0.3, 0.4) is 0 Å². The molecule has 1 aliphatic heterocycles. The first-order valence-electron chi connectivity index (χ1n) is 4.67. The molecule has 0 aromatic heterocycles. The highest BCUT2D eigenvalue weighted by atomic mass is 16.5. The highest BCUT2D eigenvalue weighted by Crippen LogP contribution is 2.15. The van der Waals surface area contributed by atoms with Gasteiger partial charge >= 0.3 is 0 Å². The lowest BCUT2D eigenvalue weighted by molar-refractivity contribution is -0.123. The fourth-order valence-corrected chi connectivity index (χ4v) is 1.28. The Balaban J connectivity index is 2.33. The monoisotopic (exact) mass is 183 g/mol. The summed E-state index contributed by atoms with van der Waals surface area (Å²) in [6.07, 6.45) is 5.75. The number of nitrogens with zero attached hydrogens (tertiary/aromatic N) is 1. The summed E-state index contributed by atoms with van der Waals surface area (Å²) in [6.45, 7) is 1.65. The summed E-state index contributed by atoms with van der Waals surface area (Å²) in [5.41, 5.74) is 0. The maximum atomic E-state index is 11.2. The number of rotatable bonds is 2. The molecule has 0 radical (unpaired) electrons. The molecule has 0 saturated carbocycles. The first-order valence-corrected chi connectivity index (χ1v) is 4.67. The molecule has 0 aromatic rings. The van der Waals surface area contributed by atoms with E-state index in [1.807, 2.05) is 6.08 Å². The molecule has 0 aromatic carbocycles. The second-order valence-electron chi connectivity index (χ2n) is 3.54. The number of amides is 1. The largest absolute Gasteiger partial charge is 0.381 e. The third kappa shape index (κ3) is 3.59. The van der Waals surface area contributed by atoms with Crippen LogP contribution >= 0.6 is 0 Å². The predicted molar refractivity (Wildman–Crippen MR) is 51.4 cm³/mol. The molecule has 74 valence electrons. The van der Waals surface area contributed by atoms with E-state index in [9.17, 15) is 4.79 Å². The number of likely N-dealkylation sites (N-methyl/N-ethyl adjacent to an activating group) is 1. The molecule has 0 atom stereocenters. The number of carbonyl (C=O) groups is 1. The van der Waals surface area contributed by atoms with Gasteiger partial charge in [-0.3, -0.25) is 4.79 Å². The van der Waals surface area contributed by atoms with Gasteiger partial charge < -0.3 is 9.64 Å². The van der Waals surface area contributed by atoms with Gasteiger partial charge in [0.2, 0.25) is 5.91 Å². The highest BCUT2D eigenvalue weighted by molar-refractivity contribution is 5.87. The minimum absolute atomic E-state index is 0.0616. The predicted octanol–water partition coefficient (Wildman–Crippen LogP) is 1.06. The van der Waals surface area contributed by atoms with Crippen molar-refractivity contribution < 1.29 is 9.53 Å². The molecule has 1 aliphatic rings. The van der Waals surface area contributed by atoms with Gasteiger partial charge in [-0.25, -0.2) is 0 Å². The molecule has 1 rings (SSSR count). The van der Waals surface area contributed by atoms with Crippen LogP contribution in [0.4, 0.5) is 0 Å². The summed E-state index contributed by atoms with van der Waals surface area (Å²) >= 11 is 0. The molecular formula is C10H17NO2. The highest BCUT2D eigenvalue weighted by Gasteiger charge is 2.10. The van der Waals surface area contributed by atoms with Crippen LogP contribution in [-0.2, 0) is 9.53 Å². The average Bonchev–Trinajstić information content (AvgIpc) is 2.15. The van der Waals surface area contributed by atoms with Crippen LogP contribution in [0, 0.1) is 5.92 Å². The first kappa shape index (κ1) is 10.3. The summed E-state index contributed by atoms with van der Waals surface area (Å²) in [5, 5.41) is 0. The Morgan fingerprint density at radius 2 is 2.00 bits per heavy atom. The Morgan fingerprint density at radius 1 is 1.38 bits per heavy atom. The molecule has 13 heavy (non-hydrogen) atoms. The minimum atomic E-state index is 0.0616. The average molecular weight is 183 g/mol. The fraction of sp³-hybridized carbons (Fsp3) is 0.700. The van der Waals surface area contributed by atoms with Crippen molar-refractivity contribution in [1.82, 2.24) is 4.90 Å². The van der Waals surface area contributed by atoms with Crippen molar-refractivity contribution in [2.75, 3.05) is 27.3 Å². The van der Waals surface area contributed by atoms with E-state index >= 15 is 0 Å². The molecule has 3 nitrogen and oxygen atoms in total. The van der Waals surface area contributed by atoms with E-state index in [2.05, 4.69) is 0 Å². The second kappa shape index (κ2) is 5.02. The van der Waals surface area contributed by atoms with Crippen LogP contribution < -0.4 is 0 Å². The van der Waals surface area contributed by atoms with E-state index < -0.39 is 0 Å². The van der Waals surface area contributed by atoms with Crippen molar-refractivity contribution in [2.45, 2.75) is 12.8 Å². The second-order valence-corrected chi connectivity index (χ2v) is 3.54. The zero-order valence-corrected chi connectivity index (χ0v) is 8.32. The van der Waals surface area contributed by atoms with Gasteiger partial charge in [-0.2, -0.15) is 0 Å². The summed E-state index contributed by atoms with van der Waals surface area (Å²) < 4.78 is 5.22. The maximum absolute atomic E-state index is 11.2. The van der Waals surface area contributed by atoms with Crippen LogP contribution in [0.15, 0.2) is 12.2 Å². The topological polar surface area (TPSA) is 29.5 Å². The minimum Gasteiger partial charge on any atom is -0.381 e. The van der Waals surface area contributed by atoms with E-state index in [4.69, 9.17) is 4.74 Å². The normalized spacial score (nSPS) is 19.2. The van der Waals surface area contributed by atoms with Crippen molar-refractivity contribution in [3.63, 3.8) is 0 Å². The molecule has 1 saturated heterocycles. The third-order valence-electron chi connectivity index (χ3n) is 2.22. The molecule has 3 heteroatoms. The van der Waals surface area contributed by atoms with Crippen LogP contribution in [0.25, 0.3) is 0 Å². The lowest BCUT2D eigenvalue weighted by atomic mass is 10.00. The number of ether oxygens (including phenoxy) is 1. The van der Waals surface area contributed by atoms with Gasteiger partial charge in [0.15, 0.2) is 0 Å². The molecule has 0 aliphatic carbocycles. The summed E-state index contributed by atoms with van der Waals surface area (Å²) in [7, 11) is 3.52. The molecular weight excluding hydrogens is 166 g/mol. The molecule has 0 bridgehead atoms. The number of hydrogen-bond donors (Lipinski definition) is 0. The Hall–Kier alpha value is -0.830. The van der Waals surface area contributed by atoms with Crippen LogP contribution in [-0.4, -0.2) is 38.1 Å². The van der Waals surface area contributed by atoms with Crippen molar-refractivity contribution in [3.8, 4) is 0 Å². The SMILES string of the molecule is CN(C)C(=O)/C=C/C1CCOCC1. The Kier molecular flexibility index (Phi) is 3.96. The standard InChI is InChI=1S/C10H17NO2/c1-11(2)10(12)4-3-9-5-7-13-8-6-9/h3-4,9H,5-8H2,1-2H3/b4-3+. The smallest absolute Gasteiger partial charge is 0.245 e. The van der Waals surface area contributed by atoms with E-state index in [0.717, 1.165) is 26.1 Å². The van der Waals surface area contributed by atoms with Gasteiger partial charge in [-0.15, -0.1) is 0 Å². The molecule has 0 N–H and O–H groups in total. The van der Waals surface area contributed by atoms with Gasteiger partial charge in [0.25, 0.3) is 0 Å².